The zero-order valence-corrected chi connectivity index (χ0v) is 42.2. The van der Waals surface area contributed by atoms with Crippen LogP contribution in [0.1, 0.15) is 239 Å². The van der Waals surface area contributed by atoms with Gasteiger partial charge in [-0.3, -0.25) is 14.4 Å². The minimum Gasteiger partial charge on any atom is -0.462 e. The lowest BCUT2D eigenvalue weighted by Gasteiger charge is -2.18. The normalized spacial score (nSPS) is 12.8. The number of hydrogen-bond acceptors (Lipinski definition) is 6. The lowest BCUT2D eigenvalue weighted by molar-refractivity contribution is -0.167. The van der Waals surface area contributed by atoms with Gasteiger partial charge in [0.1, 0.15) is 13.2 Å². The van der Waals surface area contributed by atoms with Crippen molar-refractivity contribution in [2.24, 2.45) is 0 Å². The standard InChI is InChI=1S/C59H98O6/c1-4-7-10-13-16-19-22-24-26-28-29-31-33-35-38-40-43-46-49-52-58(61)64-55-56(65-59(62)53-50-47-44-41-36-21-18-15-12-9-6-3)54-63-57(60)51-48-45-42-39-37-34-32-30-27-25-23-20-17-14-11-8-5-2/h7,10,16,19,24-27,29,31-32,34-35,38-39,42,56H,4-6,8-9,11-15,17-18,20-23,28,30,33,36-37,40-41,43-55H2,1-3H3/b10-7-,19-16-,26-24-,27-25-,31-29-,34-32-,38-35-,42-39-/t56-/m0/s1. The molecule has 370 valence electrons. The first kappa shape index (κ1) is 61.3. The van der Waals surface area contributed by atoms with E-state index < -0.39 is 6.10 Å². The quantitative estimate of drug-likeness (QED) is 0.0262. The largest absolute Gasteiger partial charge is 0.462 e. The van der Waals surface area contributed by atoms with E-state index in [4.69, 9.17) is 14.2 Å². The van der Waals surface area contributed by atoms with Crippen LogP contribution in [0.25, 0.3) is 0 Å². The summed E-state index contributed by atoms with van der Waals surface area (Å²) < 4.78 is 16.7. The topological polar surface area (TPSA) is 78.9 Å². The summed E-state index contributed by atoms with van der Waals surface area (Å²) in [6, 6.07) is 0. The highest BCUT2D eigenvalue weighted by atomic mass is 16.6. The molecule has 0 saturated heterocycles. The summed E-state index contributed by atoms with van der Waals surface area (Å²) in [6.45, 7) is 6.43. The third-order valence-electron chi connectivity index (χ3n) is 11.1. The summed E-state index contributed by atoms with van der Waals surface area (Å²) >= 11 is 0. The predicted octanol–water partition coefficient (Wildman–Crippen LogP) is 17.8. The Morgan fingerprint density at radius 2 is 0.615 bits per heavy atom. The highest BCUT2D eigenvalue weighted by molar-refractivity contribution is 5.71. The van der Waals surface area contributed by atoms with E-state index in [1.165, 1.54) is 96.3 Å². The third kappa shape index (κ3) is 51.2. The van der Waals surface area contributed by atoms with Crippen molar-refractivity contribution in [3.8, 4) is 0 Å². The van der Waals surface area contributed by atoms with Gasteiger partial charge in [-0.2, -0.15) is 0 Å². The SMILES string of the molecule is CC/C=C\C/C=C\C/C=C\C/C=C\C/C=C\CCCCCC(=O)OC[C@H](COC(=O)CCC/C=C\C/C=C\C/C=C\CCCCCCCC)OC(=O)CCCCCCCCCCCCC. The van der Waals surface area contributed by atoms with E-state index in [9.17, 15) is 14.4 Å². The van der Waals surface area contributed by atoms with Crippen molar-refractivity contribution in [1.82, 2.24) is 0 Å². The maximum Gasteiger partial charge on any atom is 0.306 e. The maximum absolute atomic E-state index is 12.8. The van der Waals surface area contributed by atoms with Crippen LogP contribution in [0.4, 0.5) is 0 Å². The second-order valence-corrected chi connectivity index (χ2v) is 17.4. The number of carbonyl (C=O) groups is 3. The Bertz CT molecular complexity index is 1310. The molecular weight excluding hydrogens is 805 g/mol. The molecule has 0 saturated carbocycles. The number of carbonyl (C=O) groups excluding carboxylic acids is 3. The van der Waals surface area contributed by atoms with Gasteiger partial charge in [0.2, 0.25) is 0 Å². The van der Waals surface area contributed by atoms with Gasteiger partial charge < -0.3 is 14.2 Å². The van der Waals surface area contributed by atoms with E-state index in [0.29, 0.717) is 19.3 Å². The molecule has 0 heterocycles. The van der Waals surface area contributed by atoms with Crippen LogP contribution in [0.15, 0.2) is 97.2 Å². The number of ether oxygens (including phenoxy) is 3. The van der Waals surface area contributed by atoms with Crippen molar-refractivity contribution in [2.75, 3.05) is 13.2 Å². The highest BCUT2D eigenvalue weighted by Crippen LogP contribution is 2.14. The highest BCUT2D eigenvalue weighted by Gasteiger charge is 2.19. The molecule has 0 fully saturated rings. The van der Waals surface area contributed by atoms with Gasteiger partial charge >= 0.3 is 17.9 Å². The Balaban J connectivity index is 4.48. The molecular formula is C59H98O6. The van der Waals surface area contributed by atoms with Crippen molar-refractivity contribution in [3.63, 3.8) is 0 Å². The molecule has 0 aromatic heterocycles. The van der Waals surface area contributed by atoms with Crippen LogP contribution < -0.4 is 0 Å². The molecule has 0 spiro atoms. The molecule has 0 aliphatic carbocycles. The van der Waals surface area contributed by atoms with E-state index in [0.717, 1.165) is 96.3 Å². The van der Waals surface area contributed by atoms with E-state index in [1.54, 1.807) is 0 Å². The fourth-order valence-electron chi connectivity index (χ4n) is 7.07. The average molecular weight is 903 g/mol. The number of hydrogen-bond donors (Lipinski definition) is 0. The van der Waals surface area contributed by atoms with Gasteiger partial charge in [0.25, 0.3) is 0 Å². The van der Waals surface area contributed by atoms with Crippen molar-refractivity contribution in [2.45, 2.75) is 245 Å². The van der Waals surface area contributed by atoms with Crippen molar-refractivity contribution < 1.29 is 28.6 Å². The summed E-state index contributed by atoms with van der Waals surface area (Å²) in [5.74, 6) is -0.994. The Hall–Kier alpha value is -3.67. The molecule has 0 amide bonds. The summed E-state index contributed by atoms with van der Waals surface area (Å²) in [5, 5.41) is 0. The van der Waals surface area contributed by atoms with Crippen molar-refractivity contribution in [1.29, 1.82) is 0 Å². The Morgan fingerprint density at radius 3 is 1.02 bits per heavy atom. The maximum atomic E-state index is 12.8. The van der Waals surface area contributed by atoms with Gasteiger partial charge in [-0.1, -0.05) is 221 Å². The van der Waals surface area contributed by atoms with Crippen LogP contribution in [0.2, 0.25) is 0 Å². The summed E-state index contributed by atoms with van der Waals surface area (Å²) in [4.78, 5) is 38.0. The Kier molecular flexibility index (Phi) is 50.0. The summed E-state index contributed by atoms with van der Waals surface area (Å²) in [5.41, 5.74) is 0. The third-order valence-corrected chi connectivity index (χ3v) is 11.1. The summed E-state index contributed by atoms with van der Waals surface area (Å²) in [6.07, 6.45) is 69.7. The van der Waals surface area contributed by atoms with Crippen LogP contribution >= 0.6 is 0 Å². The number of rotatable bonds is 47. The zero-order chi connectivity index (χ0) is 47.2. The first-order chi connectivity index (χ1) is 32.0. The molecule has 0 rings (SSSR count). The van der Waals surface area contributed by atoms with Crippen LogP contribution in [0.5, 0.6) is 0 Å². The van der Waals surface area contributed by atoms with Gasteiger partial charge in [0.05, 0.1) is 0 Å². The number of allylic oxidation sites excluding steroid dienone is 16. The second-order valence-electron chi connectivity index (χ2n) is 17.4. The number of esters is 3. The van der Waals surface area contributed by atoms with Crippen LogP contribution in [-0.2, 0) is 28.6 Å². The van der Waals surface area contributed by atoms with Crippen LogP contribution in [0, 0.1) is 0 Å². The molecule has 0 N–H and O–H groups in total. The molecule has 0 bridgehead atoms. The van der Waals surface area contributed by atoms with Crippen LogP contribution in [-0.4, -0.2) is 37.2 Å². The van der Waals surface area contributed by atoms with E-state index in [-0.39, 0.29) is 37.5 Å². The van der Waals surface area contributed by atoms with Crippen LogP contribution in [0.3, 0.4) is 0 Å². The fraction of sp³-hybridized carbons (Fsp3) is 0.678. The van der Waals surface area contributed by atoms with Gasteiger partial charge in [0.15, 0.2) is 6.10 Å². The van der Waals surface area contributed by atoms with Gasteiger partial charge in [-0.05, 0) is 96.3 Å². The molecule has 0 aliphatic heterocycles. The molecule has 0 aliphatic rings. The molecule has 0 aromatic rings. The molecule has 65 heavy (non-hydrogen) atoms. The molecule has 1 atom stereocenters. The Labute approximate surface area is 400 Å². The minimum absolute atomic E-state index is 0.110. The molecule has 6 nitrogen and oxygen atoms in total. The van der Waals surface area contributed by atoms with Crippen molar-refractivity contribution in [3.05, 3.63) is 97.2 Å². The fourth-order valence-corrected chi connectivity index (χ4v) is 7.07. The lowest BCUT2D eigenvalue weighted by Crippen LogP contribution is -2.30. The van der Waals surface area contributed by atoms with E-state index in [2.05, 4.69) is 118 Å². The Morgan fingerprint density at radius 1 is 0.323 bits per heavy atom. The predicted molar refractivity (Wildman–Crippen MR) is 279 cm³/mol. The average Bonchev–Trinajstić information content (AvgIpc) is 3.30. The molecule has 0 radical (unpaired) electrons. The molecule has 0 unspecified atom stereocenters. The van der Waals surface area contributed by atoms with Gasteiger partial charge in [-0.15, -0.1) is 0 Å². The second kappa shape index (κ2) is 52.9. The first-order valence-corrected chi connectivity index (χ1v) is 26.7. The van der Waals surface area contributed by atoms with Gasteiger partial charge in [-0.25, -0.2) is 0 Å². The van der Waals surface area contributed by atoms with E-state index in [1.807, 2.05) is 0 Å². The van der Waals surface area contributed by atoms with Crippen molar-refractivity contribution >= 4 is 17.9 Å². The molecule has 6 heteroatoms. The summed E-state index contributed by atoms with van der Waals surface area (Å²) in [7, 11) is 0. The number of unbranched alkanes of at least 4 members (excludes halogenated alkanes) is 20. The van der Waals surface area contributed by atoms with E-state index >= 15 is 0 Å². The first-order valence-electron chi connectivity index (χ1n) is 26.7. The lowest BCUT2D eigenvalue weighted by atomic mass is 10.1. The molecule has 0 aromatic carbocycles. The van der Waals surface area contributed by atoms with Gasteiger partial charge in [0, 0.05) is 19.3 Å². The monoisotopic (exact) mass is 903 g/mol. The zero-order valence-electron chi connectivity index (χ0n) is 42.2. The smallest absolute Gasteiger partial charge is 0.306 e. The minimum atomic E-state index is -0.810.